The summed E-state index contributed by atoms with van der Waals surface area (Å²) in [6.45, 7) is 0.729. The van der Waals surface area contributed by atoms with Crippen LogP contribution >= 0.6 is 0 Å². The largest absolute Gasteiger partial charge is 0.493 e. The van der Waals surface area contributed by atoms with Crippen LogP contribution in [0, 0.1) is 0 Å². The topological polar surface area (TPSA) is 34.6 Å². The molecule has 3 aromatic rings. The number of para-hydroxylation sites is 1. The Kier molecular flexibility index (Phi) is 5.76. The lowest BCUT2D eigenvalue weighted by Crippen LogP contribution is -2.17. The minimum atomic E-state index is 0.285. The first-order valence-electron chi connectivity index (χ1n) is 9.89. The first-order chi connectivity index (χ1) is 13.8. The summed E-state index contributed by atoms with van der Waals surface area (Å²) in [6.07, 6.45) is 8.71. The van der Waals surface area contributed by atoms with Gasteiger partial charge in [-0.25, -0.2) is 0 Å². The number of hydrogen-bond acceptors (Lipinski definition) is 4. The number of benzene rings is 2. The lowest BCUT2D eigenvalue weighted by Gasteiger charge is -2.26. The molecule has 0 N–H and O–H groups in total. The Hall–Kier alpha value is -3.01. The molecule has 1 fully saturated rings. The van der Waals surface area contributed by atoms with Gasteiger partial charge in [0, 0.05) is 36.4 Å². The van der Waals surface area contributed by atoms with Crippen LogP contribution in [0.15, 0.2) is 73.1 Å². The van der Waals surface area contributed by atoms with Crippen molar-refractivity contribution in [3.8, 4) is 11.5 Å². The van der Waals surface area contributed by atoms with E-state index in [2.05, 4.69) is 52.3 Å². The zero-order valence-electron chi connectivity index (χ0n) is 16.3. The highest BCUT2D eigenvalue weighted by molar-refractivity contribution is 5.66. The Balaban J connectivity index is 1.68. The Morgan fingerprint density at radius 1 is 0.929 bits per heavy atom. The molecule has 1 aliphatic carbocycles. The third-order valence-electron chi connectivity index (χ3n) is 5.19. The zero-order valence-corrected chi connectivity index (χ0v) is 16.3. The molecule has 4 rings (SSSR count). The first-order valence-corrected chi connectivity index (χ1v) is 9.89. The molecule has 0 unspecified atom stereocenters. The maximum Gasteiger partial charge on any atom is 0.163 e. The molecule has 0 saturated heterocycles. The van der Waals surface area contributed by atoms with Gasteiger partial charge < -0.3 is 14.4 Å². The van der Waals surface area contributed by atoms with Gasteiger partial charge >= 0.3 is 0 Å². The second-order valence-electron chi connectivity index (χ2n) is 7.14. The lowest BCUT2D eigenvalue weighted by atomic mass is 10.1. The van der Waals surface area contributed by atoms with E-state index in [0.717, 1.165) is 47.8 Å². The van der Waals surface area contributed by atoms with E-state index in [4.69, 9.17) is 9.47 Å². The molecule has 1 aliphatic rings. The molecule has 0 bridgehead atoms. The minimum absolute atomic E-state index is 0.285. The lowest BCUT2D eigenvalue weighted by molar-refractivity contribution is 0.201. The summed E-state index contributed by atoms with van der Waals surface area (Å²) in [6, 6.07) is 20.7. The van der Waals surface area contributed by atoms with Crippen molar-refractivity contribution in [3.05, 3.63) is 78.6 Å². The van der Waals surface area contributed by atoms with E-state index >= 15 is 0 Å². The van der Waals surface area contributed by atoms with E-state index in [1.165, 1.54) is 12.8 Å². The van der Waals surface area contributed by atoms with Gasteiger partial charge in [0.15, 0.2) is 11.5 Å². The number of rotatable bonds is 7. The van der Waals surface area contributed by atoms with Crippen molar-refractivity contribution >= 4 is 11.4 Å². The summed E-state index contributed by atoms with van der Waals surface area (Å²) in [4.78, 5) is 6.54. The van der Waals surface area contributed by atoms with E-state index in [1.807, 2.05) is 24.4 Å². The van der Waals surface area contributed by atoms with Crippen molar-refractivity contribution in [2.24, 2.45) is 0 Å². The molecule has 0 radical (unpaired) electrons. The highest BCUT2D eigenvalue weighted by Crippen LogP contribution is 2.37. The van der Waals surface area contributed by atoms with Crippen LogP contribution in [0.25, 0.3) is 0 Å². The van der Waals surface area contributed by atoms with Crippen LogP contribution < -0.4 is 14.4 Å². The van der Waals surface area contributed by atoms with Crippen LogP contribution in [0.5, 0.6) is 11.5 Å². The van der Waals surface area contributed by atoms with Crippen LogP contribution in [-0.4, -0.2) is 18.2 Å². The van der Waals surface area contributed by atoms with Crippen LogP contribution in [0.2, 0.25) is 0 Å². The maximum absolute atomic E-state index is 6.31. The second kappa shape index (κ2) is 8.79. The number of methoxy groups -OCH3 is 1. The van der Waals surface area contributed by atoms with Crippen molar-refractivity contribution in [2.75, 3.05) is 12.0 Å². The van der Waals surface area contributed by atoms with Gasteiger partial charge in [-0.05, 0) is 61.6 Å². The number of aromatic nitrogens is 1. The molecular weight excluding hydrogens is 348 g/mol. The average molecular weight is 374 g/mol. The molecule has 0 aliphatic heterocycles. The number of nitrogens with zero attached hydrogens (tertiary/aromatic N) is 2. The fraction of sp³-hybridized carbons (Fsp3) is 0.292. The Labute approximate surface area is 166 Å². The third kappa shape index (κ3) is 4.28. The highest BCUT2D eigenvalue weighted by atomic mass is 16.5. The average Bonchev–Trinajstić information content (AvgIpc) is 3.26. The van der Waals surface area contributed by atoms with Crippen LogP contribution in [0.3, 0.4) is 0 Å². The molecule has 4 nitrogen and oxygen atoms in total. The van der Waals surface area contributed by atoms with E-state index in [0.29, 0.717) is 0 Å². The smallest absolute Gasteiger partial charge is 0.163 e. The molecule has 1 heterocycles. The molecule has 4 heteroatoms. The summed E-state index contributed by atoms with van der Waals surface area (Å²) in [7, 11) is 1.70. The first kappa shape index (κ1) is 18.4. The molecule has 144 valence electrons. The fourth-order valence-electron chi connectivity index (χ4n) is 3.72. The predicted molar refractivity (Wildman–Crippen MR) is 112 cm³/mol. The van der Waals surface area contributed by atoms with Gasteiger partial charge in [0.25, 0.3) is 0 Å². The van der Waals surface area contributed by atoms with Gasteiger partial charge in [0.2, 0.25) is 0 Å². The van der Waals surface area contributed by atoms with Crippen molar-refractivity contribution in [3.63, 3.8) is 0 Å². The van der Waals surface area contributed by atoms with E-state index in [9.17, 15) is 0 Å². The van der Waals surface area contributed by atoms with Crippen LogP contribution in [0.4, 0.5) is 11.4 Å². The maximum atomic E-state index is 6.31. The molecule has 2 aromatic carbocycles. The SMILES string of the molecule is COc1ccc(N(Cc2cccnc2)c2ccccc2)cc1OC1CCCC1. The molecule has 0 amide bonds. The van der Waals surface area contributed by atoms with Crippen molar-refractivity contribution in [1.82, 2.24) is 4.98 Å². The number of pyridine rings is 1. The quantitative estimate of drug-likeness (QED) is 0.527. The van der Waals surface area contributed by atoms with E-state index in [-0.39, 0.29) is 6.10 Å². The van der Waals surface area contributed by atoms with Gasteiger partial charge in [0.05, 0.1) is 13.2 Å². The summed E-state index contributed by atoms with van der Waals surface area (Å²) >= 11 is 0. The Morgan fingerprint density at radius 3 is 2.46 bits per heavy atom. The number of anilines is 2. The summed E-state index contributed by atoms with van der Waals surface area (Å²) < 4.78 is 11.9. The normalized spacial score (nSPS) is 14.0. The fourth-order valence-corrected chi connectivity index (χ4v) is 3.72. The Morgan fingerprint density at radius 2 is 1.75 bits per heavy atom. The molecule has 0 atom stereocenters. The number of hydrogen-bond donors (Lipinski definition) is 0. The zero-order chi connectivity index (χ0) is 19.2. The Bertz CT molecular complexity index is 878. The summed E-state index contributed by atoms with van der Waals surface area (Å²) in [5, 5.41) is 0. The van der Waals surface area contributed by atoms with Gasteiger partial charge in [-0.2, -0.15) is 0 Å². The van der Waals surface area contributed by atoms with Crippen molar-refractivity contribution in [2.45, 2.75) is 38.3 Å². The minimum Gasteiger partial charge on any atom is -0.493 e. The molecule has 0 spiro atoms. The predicted octanol–water partition coefficient (Wildman–Crippen LogP) is 5.75. The molecule has 28 heavy (non-hydrogen) atoms. The van der Waals surface area contributed by atoms with Crippen molar-refractivity contribution in [1.29, 1.82) is 0 Å². The highest BCUT2D eigenvalue weighted by Gasteiger charge is 2.20. The monoisotopic (exact) mass is 374 g/mol. The van der Waals surface area contributed by atoms with Crippen molar-refractivity contribution < 1.29 is 9.47 Å². The van der Waals surface area contributed by atoms with Gasteiger partial charge in [0.1, 0.15) is 0 Å². The van der Waals surface area contributed by atoms with Gasteiger partial charge in [-0.15, -0.1) is 0 Å². The van der Waals surface area contributed by atoms with E-state index < -0.39 is 0 Å². The van der Waals surface area contributed by atoms with Crippen LogP contribution in [0.1, 0.15) is 31.2 Å². The summed E-state index contributed by atoms with van der Waals surface area (Å²) in [5.74, 6) is 1.60. The standard InChI is InChI=1S/C24H26N2O2/c1-27-23-14-13-21(16-24(23)28-22-11-5-6-12-22)26(20-9-3-2-4-10-20)18-19-8-7-15-25-17-19/h2-4,7-10,13-17,22H,5-6,11-12,18H2,1H3. The molecule has 1 aromatic heterocycles. The summed E-state index contributed by atoms with van der Waals surface area (Å²) in [5.41, 5.74) is 3.35. The van der Waals surface area contributed by atoms with Gasteiger partial charge in [-0.3, -0.25) is 4.98 Å². The van der Waals surface area contributed by atoms with Crippen LogP contribution in [-0.2, 0) is 6.54 Å². The number of ether oxygens (including phenoxy) is 2. The third-order valence-corrected chi connectivity index (χ3v) is 5.19. The van der Waals surface area contributed by atoms with E-state index in [1.54, 1.807) is 13.3 Å². The molecular formula is C24H26N2O2. The molecule has 1 saturated carbocycles. The second-order valence-corrected chi connectivity index (χ2v) is 7.14. The van der Waals surface area contributed by atoms with Gasteiger partial charge in [-0.1, -0.05) is 24.3 Å².